The van der Waals surface area contributed by atoms with E-state index in [-0.39, 0.29) is 11.8 Å². The highest BCUT2D eigenvalue weighted by Crippen LogP contribution is 2.16. The molecule has 0 bridgehead atoms. The maximum Gasteiger partial charge on any atom is 0.303 e. The SMILES string of the molecule is CCC[C@H](CCCCNC(=O)CCCCCCCCCCCCCCCCCCC(=O)O)C(C)=O. The topological polar surface area (TPSA) is 83.5 Å². The average molecular weight is 496 g/mol. The van der Waals surface area contributed by atoms with Crippen LogP contribution in [-0.2, 0) is 14.4 Å². The minimum atomic E-state index is -0.671. The van der Waals surface area contributed by atoms with Gasteiger partial charge in [-0.25, -0.2) is 0 Å². The van der Waals surface area contributed by atoms with Crippen molar-refractivity contribution in [3.05, 3.63) is 0 Å². The maximum absolute atomic E-state index is 11.9. The minimum absolute atomic E-state index is 0.180. The quantitative estimate of drug-likeness (QED) is 0.112. The van der Waals surface area contributed by atoms with Crippen molar-refractivity contribution in [1.82, 2.24) is 5.32 Å². The van der Waals surface area contributed by atoms with E-state index in [0.717, 1.165) is 64.3 Å². The van der Waals surface area contributed by atoms with Crippen LogP contribution in [0.5, 0.6) is 0 Å². The van der Waals surface area contributed by atoms with Gasteiger partial charge in [0.2, 0.25) is 5.91 Å². The van der Waals surface area contributed by atoms with Crippen molar-refractivity contribution < 1.29 is 19.5 Å². The number of carboxylic acid groups (broad SMARTS) is 1. The number of ketones is 1. The summed E-state index contributed by atoms with van der Waals surface area (Å²) in [6.07, 6.45) is 25.6. The number of amides is 1. The number of carbonyl (C=O) groups excluding carboxylic acids is 2. The van der Waals surface area contributed by atoms with Crippen LogP contribution in [0.2, 0.25) is 0 Å². The van der Waals surface area contributed by atoms with Gasteiger partial charge in [-0.05, 0) is 39.0 Å². The Morgan fingerprint density at radius 3 is 1.43 bits per heavy atom. The molecule has 0 aromatic heterocycles. The van der Waals surface area contributed by atoms with E-state index >= 15 is 0 Å². The summed E-state index contributed by atoms with van der Waals surface area (Å²) in [5, 5.41) is 11.6. The molecule has 1 amide bonds. The molecule has 0 aromatic carbocycles. The molecule has 5 heteroatoms. The summed E-state index contributed by atoms with van der Waals surface area (Å²) in [6.45, 7) is 4.56. The van der Waals surface area contributed by atoms with Crippen molar-refractivity contribution in [3.63, 3.8) is 0 Å². The number of carbonyl (C=O) groups is 3. The molecule has 0 fully saturated rings. The predicted octanol–water partition coefficient (Wildman–Crippen LogP) is 8.38. The van der Waals surface area contributed by atoms with Crippen LogP contribution in [-0.4, -0.2) is 29.3 Å². The first-order valence-corrected chi connectivity index (χ1v) is 15.0. The number of Topliss-reactive ketones (excluding diaryl/α,β-unsaturated/α-hetero) is 1. The Hall–Kier alpha value is -1.39. The molecular weight excluding hydrogens is 438 g/mol. The van der Waals surface area contributed by atoms with Crippen molar-refractivity contribution >= 4 is 17.7 Å². The Bertz CT molecular complexity index is 520. The second-order valence-corrected chi connectivity index (χ2v) is 10.5. The number of aliphatic carboxylic acids is 1. The zero-order chi connectivity index (χ0) is 26.0. The molecule has 206 valence electrons. The first kappa shape index (κ1) is 33.6. The van der Waals surface area contributed by atoms with Gasteiger partial charge in [0.05, 0.1) is 0 Å². The van der Waals surface area contributed by atoms with Gasteiger partial charge in [0, 0.05) is 25.3 Å². The van der Waals surface area contributed by atoms with Crippen molar-refractivity contribution in [2.24, 2.45) is 5.92 Å². The zero-order valence-corrected chi connectivity index (χ0v) is 23.2. The Kier molecular flexibility index (Phi) is 24.7. The molecule has 1 atom stereocenters. The molecule has 0 spiro atoms. The molecular formula is C30H57NO4. The first-order valence-electron chi connectivity index (χ1n) is 15.0. The van der Waals surface area contributed by atoms with Gasteiger partial charge in [0.15, 0.2) is 0 Å². The second kappa shape index (κ2) is 25.7. The molecule has 2 N–H and O–H groups in total. The summed E-state index contributed by atoms with van der Waals surface area (Å²) < 4.78 is 0. The predicted molar refractivity (Wildman–Crippen MR) is 147 cm³/mol. The number of hydrogen-bond acceptors (Lipinski definition) is 3. The summed E-state index contributed by atoms with van der Waals surface area (Å²) in [6, 6.07) is 0. The number of rotatable bonds is 27. The lowest BCUT2D eigenvalue weighted by atomic mass is 9.93. The van der Waals surface area contributed by atoms with Crippen molar-refractivity contribution in [2.45, 2.75) is 162 Å². The van der Waals surface area contributed by atoms with Crippen LogP contribution in [0.3, 0.4) is 0 Å². The highest BCUT2D eigenvalue weighted by molar-refractivity contribution is 5.78. The normalized spacial score (nSPS) is 11.9. The number of nitrogens with one attached hydrogen (secondary N) is 1. The molecule has 5 nitrogen and oxygen atoms in total. The van der Waals surface area contributed by atoms with Crippen LogP contribution in [0.25, 0.3) is 0 Å². The second-order valence-electron chi connectivity index (χ2n) is 10.5. The number of hydrogen-bond donors (Lipinski definition) is 2. The van der Waals surface area contributed by atoms with E-state index in [9.17, 15) is 14.4 Å². The van der Waals surface area contributed by atoms with Gasteiger partial charge in [0.25, 0.3) is 0 Å². The van der Waals surface area contributed by atoms with E-state index in [0.29, 0.717) is 18.6 Å². The first-order chi connectivity index (χ1) is 17.0. The lowest BCUT2D eigenvalue weighted by molar-refractivity contribution is -0.137. The summed E-state index contributed by atoms with van der Waals surface area (Å²) >= 11 is 0. The fraction of sp³-hybridized carbons (Fsp3) is 0.900. The number of unbranched alkanes of at least 4 members (excludes halogenated alkanes) is 16. The molecule has 0 aliphatic rings. The third-order valence-electron chi connectivity index (χ3n) is 7.06. The molecule has 0 saturated heterocycles. The van der Waals surface area contributed by atoms with Crippen LogP contribution in [0, 0.1) is 5.92 Å². The van der Waals surface area contributed by atoms with Gasteiger partial charge in [-0.2, -0.15) is 0 Å². The smallest absolute Gasteiger partial charge is 0.303 e. The van der Waals surface area contributed by atoms with E-state index in [1.807, 2.05) is 0 Å². The standard InChI is InChI=1S/C30H57NO4/c1-3-22-28(27(2)32)23-20-21-26-31-29(33)24-18-16-14-12-10-8-6-4-5-7-9-11-13-15-17-19-25-30(34)35/h28H,3-26H2,1-2H3,(H,31,33)(H,34,35)/t28-/m1/s1. The van der Waals surface area contributed by atoms with E-state index in [1.54, 1.807) is 6.92 Å². The Labute approximate surface area is 216 Å². The molecule has 0 heterocycles. The third kappa shape index (κ3) is 25.5. The molecule has 35 heavy (non-hydrogen) atoms. The zero-order valence-electron chi connectivity index (χ0n) is 23.2. The molecule has 0 rings (SSSR count). The monoisotopic (exact) mass is 495 g/mol. The van der Waals surface area contributed by atoms with Gasteiger partial charge in [-0.3, -0.25) is 14.4 Å². The molecule has 0 unspecified atom stereocenters. The van der Waals surface area contributed by atoms with E-state index in [4.69, 9.17) is 5.11 Å². The summed E-state index contributed by atoms with van der Waals surface area (Å²) in [5.74, 6) is 0.0263. The van der Waals surface area contributed by atoms with Crippen LogP contribution in [0.1, 0.15) is 162 Å². The van der Waals surface area contributed by atoms with Crippen molar-refractivity contribution in [3.8, 4) is 0 Å². The minimum Gasteiger partial charge on any atom is -0.481 e. The summed E-state index contributed by atoms with van der Waals surface area (Å²) in [7, 11) is 0. The lowest BCUT2D eigenvalue weighted by Gasteiger charge is -2.12. The van der Waals surface area contributed by atoms with Crippen LogP contribution >= 0.6 is 0 Å². The summed E-state index contributed by atoms with van der Waals surface area (Å²) in [4.78, 5) is 34.0. The number of carboxylic acids is 1. The molecule has 0 aliphatic heterocycles. The van der Waals surface area contributed by atoms with E-state index in [1.165, 1.54) is 77.0 Å². The molecule has 0 saturated carbocycles. The van der Waals surface area contributed by atoms with Gasteiger partial charge in [0.1, 0.15) is 5.78 Å². The average Bonchev–Trinajstić information content (AvgIpc) is 2.82. The van der Waals surface area contributed by atoms with Crippen LogP contribution in [0.15, 0.2) is 0 Å². The highest BCUT2D eigenvalue weighted by Gasteiger charge is 2.12. The van der Waals surface area contributed by atoms with Crippen LogP contribution < -0.4 is 5.32 Å². The molecule has 0 radical (unpaired) electrons. The lowest BCUT2D eigenvalue weighted by Crippen LogP contribution is -2.24. The maximum atomic E-state index is 11.9. The largest absolute Gasteiger partial charge is 0.481 e. The fourth-order valence-corrected chi connectivity index (χ4v) is 4.77. The van der Waals surface area contributed by atoms with Gasteiger partial charge >= 0.3 is 5.97 Å². The Morgan fingerprint density at radius 2 is 1.03 bits per heavy atom. The summed E-state index contributed by atoms with van der Waals surface area (Å²) in [5.41, 5.74) is 0. The third-order valence-corrected chi connectivity index (χ3v) is 7.06. The molecule has 0 aliphatic carbocycles. The van der Waals surface area contributed by atoms with Crippen molar-refractivity contribution in [2.75, 3.05) is 6.54 Å². The molecule has 0 aromatic rings. The Morgan fingerprint density at radius 1 is 0.600 bits per heavy atom. The van der Waals surface area contributed by atoms with Gasteiger partial charge < -0.3 is 10.4 Å². The van der Waals surface area contributed by atoms with Gasteiger partial charge in [-0.1, -0.05) is 110 Å². The van der Waals surface area contributed by atoms with Crippen molar-refractivity contribution in [1.29, 1.82) is 0 Å². The highest BCUT2D eigenvalue weighted by atomic mass is 16.4. The fourth-order valence-electron chi connectivity index (χ4n) is 4.77. The van der Waals surface area contributed by atoms with E-state index < -0.39 is 5.97 Å². The van der Waals surface area contributed by atoms with E-state index in [2.05, 4.69) is 12.2 Å². The van der Waals surface area contributed by atoms with Crippen LogP contribution in [0.4, 0.5) is 0 Å². The van der Waals surface area contributed by atoms with Gasteiger partial charge in [-0.15, -0.1) is 0 Å². The Balaban J connectivity index is 3.27.